The van der Waals surface area contributed by atoms with Gasteiger partial charge in [0, 0.05) is 0 Å². The lowest BCUT2D eigenvalue weighted by Crippen LogP contribution is -2.22. The van der Waals surface area contributed by atoms with E-state index in [1.165, 1.54) is 12.2 Å². The van der Waals surface area contributed by atoms with Crippen molar-refractivity contribution in [2.75, 3.05) is 0 Å². The molecule has 0 amide bonds. The lowest BCUT2D eigenvalue weighted by atomic mass is 10.1. The Morgan fingerprint density at radius 2 is 1.93 bits per heavy atom. The molecule has 2 N–H and O–H groups in total. The summed E-state index contributed by atoms with van der Waals surface area (Å²) in [7, 11) is 0. The van der Waals surface area contributed by atoms with Crippen molar-refractivity contribution in [2.24, 2.45) is 0 Å². The van der Waals surface area contributed by atoms with Crippen molar-refractivity contribution < 1.29 is 19.7 Å². The number of rotatable bonds is 0. The van der Waals surface area contributed by atoms with Crippen LogP contribution in [0.1, 0.15) is 26.2 Å². The van der Waals surface area contributed by atoms with E-state index in [1.54, 1.807) is 6.92 Å². The van der Waals surface area contributed by atoms with Crippen molar-refractivity contribution in [3.63, 3.8) is 0 Å². The molecule has 0 spiro atoms. The molecule has 0 bridgehead atoms. The Kier molecular flexibility index (Phi) is 4.10. The Hall–Kier alpha value is -0.870. The predicted molar refractivity (Wildman–Crippen MR) is 50.6 cm³/mol. The molecule has 1 aliphatic heterocycles. The molecule has 1 aliphatic rings. The molecule has 1 rings (SSSR count). The van der Waals surface area contributed by atoms with Crippen molar-refractivity contribution >= 4 is 5.97 Å². The molecule has 1 heterocycles. The first-order valence-corrected chi connectivity index (χ1v) is 4.82. The number of esters is 1. The van der Waals surface area contributed by atoms with Crippen LogP contribution in [0.25, 0.3) is 0 Å². The fourth-order valence-corrected chi connectivity index (χ4v) is 1.33. The van der Waals surface area contributed by atoms with Gasteiger partial charge in [0.15, 0.2) is 0 Å². The average molecular weight is 200 g/mol. The lowest BCUT2D eigenvalue weighted by molar-refractivity contribution is -0.150. The molecule has 0 saturated carbocycles. The standard InChI is InChI=1S/C10H16O4/c1-7-2-3-8(11)4-5-9(12)6-10(13)14-7/h4-5,7-9,11-12H,2-3,6H2,1H3/b5-4+/t7-,8+,9?/m1/s1. The number of aliphatic hydroxyl groups is 2. The molecule has 4 nitrogen and oxygen atoms in total. The quantitative estimate of drug-likeness (QED) is 0.438. The largest absolute Gasteiger partial charge is 0.463 e. The van der Waals surface area contributed by atoms with Crippen molar-refractivity contribution in [1.29, 1.82) is 0 Å². The van der Waals surface area contributed by atoms with Crippen LogP contribution in [0.4, 0.5) is 0 Å². The second-order valence-electron chi connectivity index (χ2n) is 3.60. The van der Waals surface area contributed by atoms with Gasteiger partial charge in [0.25, 0.3) is 0 Å². The zero-order valence-corrected chi connectivity index (χ0v) is 8.22. The van der Waals surface area contributed by atoms with Gasteiger partial charge in [-0.25, -0.2) is 0 Å². The summed E-state index contributed by atoms with van der Waals surface area (Å²) >= 11 is 0. The van der Waals surface area contributed by atoms with Crippen LogP contribution >= 0.6 is 0 Å². The van der Waals surface area contributed by atoms with E-state index in [1.807, 2.05) is 0 Å². The van der Waals surface area contributed by atoms with Crippen LogP contribution < -0.4 is 0 Å². The highest BCUT2D eigenvalue weighted by atomic mass is 16.5. The fourth-order valence-electron chi connectivity index (χ4n) is 1.33. The first kappa shape index (κ1) is 11.2. The second-order valence-corrected chi connectivity index (χ2v) is 3.60. The van der Waals surface area contributed by atoms with E-state index in [9.17, 15) is 15.0 Å². The summed E-state index contributed by atoms with van der Waals surface area (Å²) in [6.45, 7) is 1.78. The number of aliphatic hydroxyl groups excluding tert-OH is 2. The molecule has 0 saturated heterocycles. The van der Waals surface area contributed by atoms with Gasteiger partial charge in [-0.2, -0.15) is 0 Å². The molecule has 3 atom stereocenters. The maximum atomic E-state index is 11.1. The van der Waals surface area contributed by atoms with E-state index in [4.69, 9.17) is 4.74 Å². The molecule has 0 aliphatic carbocycles. The van der Waals surface area contributed by atoms with Gasteiger partial charge in [-0.15, -0.1) is 0 Å². The first-order valence-electron chi connectivity index (χ1n) is 4.82. The maximum Gasteiger partial charge on any atom is 0.309 e. The Morgan fingerprint density at radius 3 is 2.64 bits per heavy atom. The molecule has 0 aromatic carbocycles. The number of ether oxygens (including phenoxy) is 1. The molecule has 1 unspecified atom stereocenters. The Balaban J connectivity index is 2.60. The third-order valence-corrected chi connectivity index (χ3v) is 2.13. The van der Waals surface area contributed by atoms with Gasteiger partial charge in [-0.3, -0.25) is 4.79 Å². The summed E-state index contributed by atoms with van der Waals surface area (Å²) in [4.78, 5) is 11.1. The third-order valence-electron chi connectivity index (χ3n) is 2.13. The van der Waals surface area contributed by atoms with Gasteiger partial charge in [0.05, 0.1) is 24.7 Å². The molecular formula is C10H16O4. The van der Waals surface area contributed by atoms with Crippen molar-refractivity contribution in [3.05, 3.63) is 12.2 Å². The highest BCUT2D eigenvalue weighted by Gasteiger charge is 2.16. The normalized spacial score (nSPS) is 37.4. The Bertz CT molecular complexity index is 224. The number of hydrogen-bond acceptors (Lipinski definition) is 4. The summed E-state index contributed by atoms with van der Waals surface area (Å²) in [6, 6.07) is 0. The zero-order chi connectivity index (χ0) is 10.6. The van der Waals surface area contributed by atoms with Crippen LogP contribution in [0, 0.1) is 0 Å². The predicted octanol–water partition coefficient (Wildman–Crippen LogP) is 0.380. The smallest absolute Gasteiger partial charge is 0.309 e. The van der Waals surface area contributed by atoms with Crippen LogP contribution in [0.15, 0.2) is 12.2 Å². The van der Waals surface area contributed by atoms with E-state index in [0.29, 0.717) is 12.8 Å². The maximum absolute atomic E-state index is 11.1. The Morgan fingerprint density at radius 1 is 1.29 bits per heavy atom. The van der Waals surface area contributed by atoms with Gasteiger partial charge in [0.2, 0.25) is 0 Å². The highest BCUT2D eigenvalue weighted by Crippen LogP contribution is 2.10. The summed E-state index contributed by atoms with van der Waals surface area (Å²) in [5.74, 6) is -0.397. The van der Waals surface area contributed by atoms with Crippen LogP contribution in [-0.4, -0.2) is 34.5 Å². The lowest BCUT2D eigenvalue weighted by Gasteiger charge is -2.17. The van der Waals surface area contributed by atoms with Crippen LogP contribution in [0.2, 0.25) is 0 Å². The van der Waals surface area contributed by atoms with E-state index in [-0.39, 0.29) is 12.5 Å². The summed E-state index contributed by atoms with van der Waals surface area (Å²) in [5, 5.41) is 18.7. The number of cyclic esters (lactones) is 1. The number of hydrogen-bond donors (Lipinski definition) is 2. The number of carbonyl (C=O) groups is 1. The summed E-state index contributed by atoms with van der Waals surface area (Å²) < 4.78 is 5.00. The first-order chi connectivity index (χ1) is 6.58. The van der Waals surface area contributed by atoms with Crippen molar-refractivity contribution in [2.45, 2.75) is 44.5 Å². The molecule has 14 heavy (non-hydrogen) atoms. The van der Waals surface area contributed by atoms with E-state index < -0.39 is 18.2 Å². The SMILES string of the molecule is C[C@@H]1CC[C@H](O)/C=C/C(O)CC(=O)O1. The van der Waals surface area contributed by atoms with Crippen LogP contribution in [0.3, 0.4) is 0 Å². The second kappa shape index (κ2) is 5.12. The van der Waals surface area contributed by atoms with E-state index in [0.717, 1.165) is 0 Å². The van der Waals surface area contributed by atoms with Gasteiger partial charge in [-0.05, 0) is 19.8 Å². The van der Waals surface area contributed by atoms with Gasteiger partial charge in [0.1, 0.15) is 0 Å². The molecule has 0 aromatic rings. The molecular weight excluding hydrogens is 184 g/mol. The molecule has 80 valence electrons. The zero-order valence-electron chi connectivity index (χ0n) is 8.22. The summed E-state index contributed by atoms with van der Waals surface area (Å²) in [6.07, 6.45) is 2.46. The van der Waals surface area contributed by atoms with Crippen LogP contribution in [-0.2, 0) is 9.53 Å². The van der Waals surface area contributed by atoms with Gasteiger partial charge >= 0.3 is 5.97 Å². The fraction of sp³-hybridized carbons (Fsp3) is 0.700. The molecule has 0 radical (unpaired) electrons. The molecule has 0 aromatic heterocycles. The highest BCUT2D eigenvalue weighted by molar-refractivity contribution is 5.70. The van der Waals surface area contributed by atoms with Gasteiger partial charge < -0.3 is 14.9 Å². The number of carbonyl (C=O) groups excluding carboxylic acids is 1. The van der Waals surface area contributed by atoms with Crippen LogP contribution in [0.5, 0.6) is 0 Å². The minimum atomic E-state index is -0.859. The average Bonchev–Trinajstić information content (AvgIpc) is 2.10. The molecule has 0 fully saturated rings. The van der Waals surface area contributed by atoms with Crippen molar-refractivity contribution in [3.8, 4) is 0 Å². The molecule has 4 heteroatoms. The van der Waals surface area contributed by atoms with Crippen molar-refractivity contribution in [1.82, 2.24) is 0 Å². The monoisotopic (exact) mass is 200 g/mol. The minimum absolute atomic E-state index is 0.0481. The van der Waals surface area contributed by atoms with Gasteiger partial charge in [-0.1, -0.05) is 12.2 Å². The van der Waals surface area contributed by atoms with E-state index in [2.05, 4.69) is 0 Å². The third kappa shape index (κ3) is 3.89. The topological polar surface area (TPSA) is 66.8 Å². The van der Waals surface area contributed by atoms with E-state index >= 15 is 0 Å². The Labute approximate surface area is 83.2 Å². The summed E-state index contributed by atoms with van der Waals surface area (Å²) in [5.41, 5.74) is 0. The minimum Gasteiger partial charge on any atom is -0.463 e.